The van der Waals surface area contributed by atoms with Crippen molar-refractivity contribution in [3.8, 4) is 16.3 Å². The number of piperidine rings is 1. The summed E-state index contributed by atoms with van der Waals surface area (Å²) in [5.41, 5.74) is 1.21. The molecule has 0 saturated carbocycles. The normalized spacial score (nSPS) is 16.8. The summed E-state index contributed by atoms with van der Waals surface area (Å²) in [6.07, 6.45) is -0.956. The molecule has 0 spiro atoms. The highest BCUT2D eigenvalue weighted by molar-refractivity contribution is 7.14. The van der Waals surface area contributed by atoms with E-state index in [1.54, 1.807) is 31.3 Å². The average molecular weight is 536 g/mol. The molecule has 0 aliphatic carbocycles. The van der Waals surface area contributed by atoms with Gasteiger partial charge in [-0.1, -0.05) is 0 Å². The Morgan fingerprint density at radius 3 is 2.54 bits per heavy atom. The molecular formula is C24H24F3N5O4S. The van der Waals surface area contributed by atoms with E-state index >= 15 is 0 Å². The number of nitrogens with zero attached hydrogens (tertiary/aromatic N) is 4. The van der Waals surface area contributed by atoms with Crippen LogP contribution in [0.1, 0.15) is 52.4 Å². The number of thiazole rings is 1. The fraction of sp³-hybridized carbons (Fsp3) is 0.375. The van der Waals surface area contributed by atoms with E-state index < -0.39 is 30.0 Å². The number of alkyl halides is 3. The molecule has 2 amide bonds. The van der Waals surface area contributed by atoms with Crippen LogP contribution in [0.5, 0.6) is 5.75 Å². The zero-order valence-corrected chi connectivity index (χ0v) is 20.8. The summed E-state index contributed by atoms with van der Waals surface area (Å²) in [4.78, 5) is 37.9. The highest BCUT2D eigenvalue weighted by atomic mass is 32.1. The molecule has 2 atom stereocenters. The summed E-state index contributed by atoms with van der Waals surface area (Å²) in [7, 11) is 0. The first kappa shape index (κ1) is 26.3. The highest BCUT2D eigenvalue weighted by Crippen LogP contribution is 2.31. The Kier molecular flexibility index (Phi) is 7.62. The van der Waals surface area contributed by atoms with Crippen molar-refractivity contribution < 1.29 is 32.6 Å². The molecule has 2 N–H and O–H groups in total. The van der Waals surface area contributed by atoms with E-state index in [1.807, 2.05) is 6.92 Å². The molecule has 13 heteroatoms. The van der Waals surface area contributed by atoms with Crippen LogP contribution in [-0.4, -0.2) is 56.2 Å². The van der Waals surface area contributed by atoms with Gasteiger partial charge in [-0.3, -0.25) is 4.79 Å². The minimum atomic E-state index is -4.66. The number of carbonyl (C=O) groups is 2. The van der Waals surface area contributed by atoms with Crippen molar-refractivity contribution >= 4 is 23.3 Å². The topological polar surface area (TPSA) is 118 Å². The second kappa shape index (κ2) is 10.7. The zero-order chi connectivity index (χ0) is 26.7. The zero-order valence-electron chi connectivity index (χ0n) is 20.0. The smallest absolute Gasteiger partial charge is 0.451 e. The van der Waals surface area contributed by atoms with Gasteiger partial charge in [0.15, 0.2) is 0 Å². The van der Waals surface area contributed by atoms with E-state index in [2.05, 4.69) is 20.3 Å². The number of hydrogen-bond donors (Lipinski definition) is 2. The third-order valence-electron chi connectivity index (χ3n) is 5.76. The monoisotopic (exact) mass is 535 g/mol. The van der Waals surface area contributed by atoms with Crippen LogP contribution in [0.3, 0.4) is 0 Å². The van der Waals surface area contributed by atoms with Crippen molar-refractivity contribution in [1.29, 1.82) is 0 Å². The molecule has 1 fully saturated rings. The maximum atomic E-state index is 13.1. The van der Waals surface area contributed by atoms with Crippen molar-refractivity contribution in [2.24, 2.45) is 0 Å². The number of aromatic nitrogens is 3. The molecule has 3 aromatic rings. The number of amides is 2. The lowest BCUT2D eigenvalue weighted by Crippen LogP contribution is -2.43. The maximum Gasteiger partial charge on any atom is 0.451 e. The summed E-state index contributed by atoms with van der Waals surface area (Å²) < 4.78 is 44.4. The Labute approximate surface area is 214 Å². The third-order valence-corrected chi connectivity index (χ3v) is 6.72. The van der Waals surface area contributed by atoms with E-state index in [0.29, 0.717) is 41.3 Å². The highest BCUT2D eigenvalue weighted by Gasteiger charge is 2.34. The number of rotatable bonds is 6. The van der Waals surface area contributed by atoms with Gasteiger partial charge in [-0.05, 0) is 44.9 Å². The number of aryl methyl sites for hydroxylation is 1. The van der Waals surface area contributed by atoms with E-state index in [4.69, 9.17) is 4.74 Å². The second-order valence-corrected chi connectivity index (χ2v) is 9.90. The van der Waals surface area contributed by atoms with Crippen LogP contribution in [0, 0.1) is 6.92 Å². The molecule has 196 valence electrons. The van der Waals surface area contributed by atoms with Gasteiger partial charge in [0.1, 0.15) is 16.9 Å². The Morgan fingerprint density at radius 2 is 1.92 bits per heavy atom. The van der Waals surface area contributed by atoms with Gasteiger partial charge in [-0.2, -0.15) is 13.2 Å². The molecule has 9 nitrogen and oxygen atoms in total. The molecule has 2 unspecified atom stereocenters. The minimum absolute atomic E-state index is 0.211. The van der Waals surface area contributed by atoms with E-state index in [0.717, 1.165) is 17.3 Å². The van der Waals surface area contributed by atoms with Gasteiger partial charge in [0.2, 0.25) is 5.82 Å². The number of halogens is 3. The number of ether oxygens (including phenoxy) is 1. The van der Waals surface area contributed by atoms with E-state index in [-0.39, 0.29) is 18.2 Å². The van der Waals surface area contributed by atoms with Gasteiger partial charge >= 0.3 is 12.3 Å². The fourth-order valence-electron chi connectivity index (χ4n) is 3.88. The molecule has 1 aliphatic heterocycles. The first-order valence-corrected chi connectivity index (χ1v) is 12.2. The third kappa shape index (κ3) is 6.53. The van der Waals surface area contributed by atoms with Crippen LogP contribution >= 0.6 is 11.3 Å². The average Bonchev–Trinajstić information content (AvgIpc) is 3.30. The quantitative estimate of drug-likeness (QED) is 0.459. The van der Waals surface area contributed by atoms with Gasteiger partial charge in [0.05, 0.1) is 12.6 Å². The standard InChI is InChI=1S/C24H24F3N5O4S/c1-13-9-28-21(37-13)16-6-15(7-19(8-16)36-18-4-3-5-32(12-18)23(34)35)20(33)31-14(2)17-10-29-22(30-11-17)24(25,26)27/h6-11,14,18H,3-5,12H2,1-2H3,(H,31,33)(H,34,35). The van der Waals surface area contributed by atoms with Gasteiger partial charge in [-0.15, -0.1) is 11.3 Å². The number of hydrogen-bond acceptors (Lipinski definition) is 7. The Bertz CT molecular complexity index is 1280. The molecule has 37 heavy (non-hydrogen) atoms. The van der Waals surface area contributed by atoms with Gasteiger partial charge in [0.25, 0.3) is 5.91 Å². The van der Waals surface area contributed by atoms with Crippen molar-refractivity contribution in [3.05, 3.63) is 58.6 Å². The molecule has 2 aromatic heterocycles. The molecule has 1 aromatic carbocycles. The lowest BCUT2D eigenvalue weighted by molar-refractivity contribution is -0.145. The molecular weight excluding hydrogens is 511 g/mol. The number of nitrogens with one attached hydrogen (secondary N) is 1. The molecule has 4 rings (SSSR count). The van der Waals surface area contributed by atoms with Crippen molar-refractivity contribution in [1.82, 2.24) is 25.2 Å². The number of carbonyl (C=O) groups excluding carboxylic acids is 1. The Hall–Kier alpha value is -3.74. The maximum absolute atomic E-state index is 13.1. The van der Waals surface area contributed by atoms with Gasteiger partial charge < -0.3 is 20.1 Å². The van der Waals surface area contributed by atoms with Crippen LogP contribution in [-0.2, 0) is 6.18 Å². The molecule has 0 bridgehead atoms. The number of carboxylic acid groups (broad SMARTS) is 1. The second-order valence-electron chi connectivity index (χ2n) is 8.67. The lowest BCUT2D eigenvalue weighted by Gasteiger charge is -2.31. The predicted molar refractivity (Wildman–Crippen MR) is 128 cm³/mol. The fourth-order valence-corrected chi connectivity index (χ4v) is 4.63. The van der Waals surface area contributed by atoms with Crippen molar-refractivity contribution in [2.75, 3.05) is 13.1 Å². The van der Waals surface area contributed by atoms with Crippen LogP contribution < -0.4 is 10.1 Å². The summed E-state index contributed by atoms with van der Waals surface area (Å²) in [6, 6.07) is 4.28. The summed E-state index contributed by atoms with van der Waals surface area (Å²) in [5.74, 6) is -1.35. The summed E-state index contributed by atoms with van der Waals surface area (Å²) >= 11 is 1.44. The van der Waals surface area contributed by atoms with Crippen molar-refractivity contribution in [3.63, 3.8) is 0 Å². The molecule has 0 radical (unpaired) electrons. The number of likely N-dealkylation sites (tertiary alicyclic amines) is 1. The first-order valence-electron chi connectivity index (χ1n) is 11.4. The SMILES string of the molecule is Cc1cnc(-c2cc(OC3CCCN(C(=O)O)C3)cc(C(=O)NC(C)c3cnc(C(F)(F)F)nc3)c2)s1. The van der Waals surface area contributed by atoms with Crippen LogP contribution in [0.15, 0.2) is 36.8 Å². The van der Waals surface area contributed by atoms with Gasteiger partial charge in [0, 0.05) is 46.7 Å². The van der Waals surface area contributed by atoms with E-state index in [1.165, 1.54) is 16.2 Å². The van der Waals surface area contributed by atoms with E-state index in [9.17, 15) is 27.9 Å². The minimum Gasteiger partial charge on any atom is -0.489 e. The Balaban J connectivity index is 1.56. The van der Waals surface area contributed by atoms with Crippen molar-refractivity contribution in [2.45, 2.75) is 45.0 Å². The largest absolute Gasteiger partial charge is 0.489 e. The molecule has 3 heterocycles. The van der Waals surface area contributed by atoms with Crippen LogP contribution in [0.2, 0.25) is 0 Å². The summed E-state index contributed by atoms with van der Waals surface area (Å²) in [6.45, 7) is 4.17. The van der Waals surface area contributed by atoms with Crippen LogP contribution in [0.4, 0.5) is 18.0 Å². The van der Waals surface area contributed by atoms with Gasteiger partial charge in [-0.25, -0.2) is 19.7 Å². The predicted octanol–water partition coefficient (Wildman–Crippen LogP) is 4.94. The van der Waals surface area contributed by atoms with Crippen LogP contribution in [0.25, 0.3) is 10.6 Å². The number of benzene rings is 1. The molecule has 1 aliphatic rings. The lowest BCUT2D eigenvalue weighted by atomic mass is 10.1. The first-order chi connectivity index (χ1) is 17.5. The summed E-state index contributed by atoms with van der Waals surface area (Å²) in [5, 5.41) is 12.7. The Morgan fingerprint density at radius 1 is 1.19 bits per heavy atom. The molecule has 1 saturated heterocycles.